The first kappa shape index (κ1) is 9.77. The Bertz CT molecular complexity index is 214. The molecule has 1 fully saturated rings. The molecule has 2 heterocycles. The minimum Gasteiger partial charge on any atom is -0.356 e. The number of hydrogen-bond donors (Lipinski definition) is 2. The summed E-state index contributed by atoms with van der Waals surface area (Å²) in [6.07, 6.45) is 3.72. The Balaban J connectivity index is 1.80. The molecular weight excluding hydrogens is 176 g/mol. The molecule has 0 radical (unpaired) electrons. The zero-order valence-corrected chi connectivity index (χ0v) is 8.92. The lowest BCUT2D eigenvalue weighted by molar-refractivity contribution is 0.240. The van der Waals surface area contributed by atoms with Crippen LogP contribution in [0.5, 0.6) is 0 Å². The molecule has 80 valence electrons. The Morgan fingerprint density at radius 3 is 3.14 bits per heavy atom. The monoisotopic (exact) mass is 196 g/mol. The quantitative estimate of drug-likeness (QED) is 0.621. The lowest BCUT2D eigenvalue weighted by Gasteiger charge is -2.31. The van der Waals surface area contributed by atoms with E-state index in [9.17, 15) is 0 Å². The molecule has 0 saturated carbocycles. The van der Waals surface area contributed by atoms with E-state index < -0.39 is 0 Å². The molecule has 0 aromatic carbocycles. The van der Waals surface area contributed by atoms with Crippen LogP contribution < -0.4 is 10.6 Å². The first-order chi connectivity index (χ1) is 6.84. The van der Waals surface area contributed by atoms with E-state index in [2.05, 4.69) is 27.6 Å². The van der Waals surface area contributed by atoms with Crippen molar-refractivity contribution in [3.8, 4) is 0 Å². The molecule has 1 unspecified atom stereocenters. The highest BCUT2D eigenvalue weighted by Crippen LogP contribution is 2.07. The van der Waals surface area contributed by atoms with E-state index in [1.54, 1.807) is 0 Å². The van der Waals surface area contributed by atoms with Crippen molar-refractivity contribution in [2.75, 3.05) is 33.2 Å². The number of nitrogens with one attached hydrogen (secondary N) is 2. The van der Waals surface area contributed by atoms with Gasteiger partial charge in [0.25, 0.3) is 0 Å². The van der Waals surface area contributed by atoms with Crippen molar-refractivity contribution in [3.05, 3.63) is 0 Å². The minimum absolute atomic E-state index is 0.582. The second-order valence-corrected chi connectivity index (χ2v) is 4.26. The fourth-order valence-electron chi connectivity index (χ4n) is 2.11. The second kappa shape index (κ2) is 4.64. The van der Waals surface area contributed by atoms with Crippen molar-refractivity contribution in [3.63, 3.8) is 0 Å². The number of piperidine rings is 1. The van der Waals surface area contributed by atoms with Crippen LogP contribution >= 0.6 is 0 Å². The summed E-state index contributed by atoms with van der Waals surface area (Å²) in [6, 6.07) is 0.582. The molecule has 4 heteroatoms. The Morgan fingerprint density at radius 1 is 1.50 bits per heavy atom. The van der Waals surface area contributed by atoms with Crippen molar-refractivity contribution < 1.29 is 0 Å². The molecule has 0 bridgehead atoms. The summed E-state index contributed by atoms with van der Waals surface area (Å²) in [5.41, 5.74) is 0. The zero-order chi connectivity index (χ0) is 9.80. The van der Waals surface area contributed by atoms with Crippen LogP contribution in [0.25, 0.3) is 0 Å². The molecule has 0 aromatic heterocycles. The molecule has 2 rings (SSSR count). The highest BCUT2D eigenvalue weighted by molar-refractivity contribution is 5.80. The van der Waals surface area contributed by atoms with Crippen LogP contribution in [0.2, 0.25) is 0 Å². The molecule has 0 aromatic rings. The van der Waals surface area contributed by atoms with E-state index in [1.807, 2.05) is 0 Å². The summed E-state index contributed by atoms with van der Waals surface area (Å²) in [7, 11) is 2.18. The summed E-state index contributed by atoms with van der Waals surface area (Å²) < 4.78 is 0. The summed E-state index contributed by atoms with van der Waals surface area (Å²) >= 11 is 0. The number of hydrogen-bond acceptors (Lipinski definition) is 4. The smallest absolute Gasteiger partial charge is 0.191 e. The van der Waals surface area contributed by atoms with Crippen molar-refractivity contribution in [1.82, 2.24) is 15.5 Å². The summed E-state index contributed by atoms with van der Waals surface area (Å²) in [6.45, 7) is 4.41. The predicted molar refractivity (Wildman–Crippen MR) is 58.6 cm³/mol. The van der Waals surface area contributed by atoms with Crippen molar-refractivity contribution in [2.24, 2.45) is 4.99 Å². The number of guanidine groups is 1. The molecule has 1 saturated heterocycles. The third-order valence-electron chi connectivity index (χ3n) is 2.86. The van der Waals surface area contributed by atoms with Crippen LogP contribution in [-0.4, -0.2) is 50.1 Å². The zero-order valence-electron chi connectivity index (χ0n) is 8.92. The predicted octanol–water partition coefficient (Wildman–Crippen LogP) is 0.0195. The molecule has 2 aliphatic heterocycles. The van der Waals surface area contributed by atoms with Crippen LogP contribution in [0.3, 0.4) is 0 Å². The minimum atomic E-state index is 0.582. The normalized spacial score (nSPS) is 29.2. The van der Waals surface area contributed by atoms with Gasteiger partial charge in [0.1, 0.15) is 0 Å². The maximum atomic E-state index is 4.42. The molecule has 0 spiro atoms. The van der Waals surface area contributed by atoms with Crippen LogP contribution in [0.4, 0.5) is 0 Å². The van der Waals surface area contributed by atoms with Gasteiger partial charge in [0.05, 0.1) is 0 Å². The van der Waals surface area contributed by atoms with E-state index in [1.165, 1.54) is 19.4 Å². The van der Waals surface area contributed by atoms with Gasteiger partial charge in [-0.2, -0.15) is 0 Å². The molecule has 14 heavy (non-hydrogen) atoms. The van der Waals surface area contributed by atoms with E-state index in [0.29, 0.717) is 6.04 Å². The third kappa shape index (κ3) is 2.61. The van der Waals surface area contributed by atoms with E-state index in [-0.39, 0.29) is 0 Å². The maximum absolute atomic E-state index is 4.42. The molecule has 0 amide bonds. The van der Waals surface area contributed by atoms with E-state index in [4.69, 9.17) is 0 Å². The SMILES string of the molecule is CN1CCCC(NC2=NCCCN2)C1. The number of nitrogens with zero attached hydrogens (tertiary/aromatic N) is 2. The lowest BCUT2D eigenvalue weighted by Crippen LogP contribution is -2.51. The summed E-state index contributed by atoms with van der Waals surface area (Å²) in [4.78, 5) is 6.80. The molecule has 2 aliphatic rings. The Morgan fingerprint density at radius 2 is 2.43 bits per heavy atom. The van der Waals surface area contributed by atoms with E-state index in [0.717, 1.165) is 32.0 Å². The number of aliphatic imine (C=N–C) groups is 1. The van der Waals surface area contributed by atoms with Crippen LogP contribution in [0.15, 0.2) is 4.99 Å². The van der Waals surface area contributed by atoms with Gasteiger partial charge in [-0.1, -0.05) is 0 Å². The molecule has 2 N–H and O–H groups in total. The fourth-order valence-corrected chi connectivity index (χ4v) is 2.11. The van der Waals surface area contributed by atoms with Gasteiger partial charge in [-0.3, -0.25) is 4.99 Å². The van der Waals surface area contributed by atoms with Gasteiger partial charge in [0.2, 0.25) is 0 Å². The standard InChI is InChI=1S/C10H20N4/c1-14-7-2-4-9(8-14)13-10-11-5-3-6-12-10/h9H,2-8H2,1H3,(H2,11,12,13). The molecule has 1 atom stereocenters. The number of likely N-dealkylation sites (N-methyl/N-ethyl adjacent to an activating group) is 1. The Labute approximate surface area is 85.8 Å². The van der Waals surface area contributed by atoms with Crippen molar-refractivity contribution in [2.45, 2.75) is 25.3 Å². The number of rotatable bonds is 1. The Kier molecular flexibility index (Phi) is 3.24. The third-order valence-corrected chi connectivity index (χ3v) is 2.86. The highest BCUT2D eigenvalue weighted by Gasteiger charge is 2.18. The van der Waals surface area contributed by atoms with Crippen molar-refractivity contribution in [1.29, 1.82) is 0 Å². The Hall–Kier alpha value is -0.770. The average Bonchev–Trinajstić information content (AvgIpc) is 2.19. The second-order valence-electron chi connectivity index (χ2n) is 4.26. The lowest BCUT2D eigenvalue weighted by atomic mass is 10.1. The summed E-state index contributed by atoms with van der Waals surface area (Å²) in [5, 5.41) is 6.79. The topological polar surface area (TPSA) is 39.7 Å². The van der Waals surface area contributed by atoms with Gasteiger partial charge in [-0.25, -0.2) is 0 Å². The van der Waals surface area contributed by atoms with Crippen LogP contribution in [-0.2, 0) is 0 Å². The highest BCUT2D eigenvalue weighted by atomic mass is 15.2. The fraction of sp³-hybridized carbons (Fsp3) is 0.900. The molecular formula is C10H20N4. The largest absolute Gasteiger partial charge is 0.356 e. The van der Waals surface area contributed by atoms with Gasteiger partial charge in [0, 0.05) is 25.7 Å². The van der Waals surface area contributed by atoms with Gasteiger partial charge in [-0.05, 0) is 32.9 Å². The summed E-state index contributed by atoms with van der Waals surface area (Å²) in [5.74, 6) is 1.01. The van der Waals surface area contributed by atoms with Crippen LogP contribution in [0.1, 0.15) is 19.3 Å². The van der Waals surface area contributed by atoms with E-state index >= 15 is 0 Å². The first-order valence-corrected chi connectivity index (χ1v) is 5.58. The molecule has 4 nitrogen and oxygen atoms in total. The first-order valence-electron chi connectivity index (χ1n) is 5.58. The molecule has 0 aliphatic carbocycles. The number of likely N-dealkylation sites (tertiary alicyclic amines) is 1. The van der Waals surface area contributed by atoms with Gasteiger partial charge >= 0.3 is 0 Å². The van der Waals surface area contributed by atoms with Gasteiger partial charge in [0.15, 0.2) is 5.96 Å². The average molecular weight is 196 g/mol. The van der Waals surface area contributed by atoms with Crippen molar-refractivity contribution >= 4 is 5.96 Å². The van der Waals surface area contributed by atoms with Crippen LogP contribution in [0, 0.1) is 0 Å². The van der Waals surface area contributed by atoms with Gasteiger partial charge in [-0.15, -0.1) is 0 Å². The van der Waals surface area contributed by atoms with Gasteiger partial charge < -0.3 is 15.5 Å². The maximum Gasteiger partial charge on any atom is 0.191 e.